The summed E-state index contributed by atoms with van der Waals surface area (Å²) in [6.07, 6.45) is 0. The van der Waals surface area contributed by atoms with Gasteiger partial charge in [0.1, 0.15) is 23.8 Å². The van der Waals surface area contributed by atoms with Gasteiger partial charge in [0, 0.05) is 26.2 Å². The number of ether oxygens (including phenoxy) is 2. The second kappa shape index (κ2) is 17.3. The molecular formula is C36H36N8O9S. The second-order valence-corrected chi connectivity index (χ2v) is 13.9. The molecule has 2 aliphatic rings. The van der Waals surface area contributed by atoms with Gasteiger partial charge in [0.05, 0.1) is 76.1 Å². The topological polar surface area (TPSA) is 257 Å². The van der Waals surface area contributed by atoms with E-state index >= 15 is 0 Å². The highest BCUT2D eigenvalue weighted by Gasteiger charge is 2.37. The van der Waals surface area contributed by atoms with Crippen molar-refractivity contribution in [2.45, 2.75) is 33.4 Å². The number of amides is 1. The fourth-order valence-corrected chi connectivity index (χ4v) is 6.63. The molecular weight excluding hydrogens is 721 g/mol. The Morgan fingerprint density at radius 1 is 0.796 bits per heavy atom. The van der Waals surface area contributed by atoms with Gasteiger partial charge in [0.25, 0.3) is 0 Å². The van der Waals surface area contributed by atoms with Crippen LogP contribution in [0, 0.1) is 59.7 Å². The van der Waals surface area contributed by atoms with Crippen molar-refractivity contribution in [3.63, 3.8) is 0 Å². The highest BCUT2D eigenvalue weighted by molar-refractivity contribution is 7.89. The smallest absolute Gasteiger partial charge is 0.340 e. The molecule has 5 rings (SSSR count). The average Bonchev–Trinajstić information content (AvgIpc) is 3.07. The Morgan fingerprint density at radius 2 is 1.24 bits per heavy atom. The van der Waals surface area contributed by atoms with Crippen molar-refractivity contribution in [2.75, 3.05) is 49.2 Å². The summed E-state index contributed by atoms with van der Waals surface area (Å²) in [7, 11) is -3.92. The molecule has 3 aromatic rings. The number of carbonyl (C=O) groups is 4. The van der Waals surface area contributed by atoms with Gasteiger partial charge < -0.3 is 24.4 Å². The number of carboxylic acid groups (broad SMARTS) is 1. The van der Waals surface area contributed by atoms with Gasteiger partial charge in [-0.15, -0.1) is 0 Å². The Balaban J connectivity index is 0.000000266. The van der Waals surface area contributed by atoms with Crippen LogP contribution < -0.4 is 14.5 Å². The molecule has 1 aromatic carbocycles. The van der Waals surface area contributed by atoms with Crippen molar-refractivity contribution in [1.29, 1.82) is 15.8 Å². The average molecular weight is 757 g/mol. The lowest BCUT2D eigenvalue weighted by atomic mass is 9.98. The number of hydrogen-bond donors (Lipinski definition) is 2. The molecule has 18 heteroatoms. The molecule has 54 heavy (non-hydrogen) atoms. The molecule has 17 nitrogen and oxygen atoms in total. The lowest BCUT2D eigenvalue weighted by Gasteiger charge is -2.39. The largest absolute Gasteiger partial charge is 0.481 e. The van der Waals surface area contributed by atoms with E-state index in [1.165, 1.54) is 36.4 Å². The third kappa shape index (κ3) is 9.44. The summed E-state index contributed by atoms with van der Waals surface area (Å²) in [5, 5.41) is 36.4. The lowest BCUT2D eigenvalue weighted by molar-refractivity contribution is -0.142. The van der Waals surface area contributed by atoms with Gasteiger partial charge in [0.2, 0.25) is 15.9 Å². The van der Waals surface area contributed by atoms with Crippen LogP contribution in [0.4, 0.5) is 11.6 Å². The summed E-state index contributed by atoms with van der Waals surface area (Å²) in [6.45, 7) is 8.08. The van der Waals surface area contributed by atoms with Crippen LogP contribution in [0.25, 0.3) is 0 Å². The number of carboxylic acids is 1. The van der Waals surface area contributed by atoms with Crippen LogP contribution in [0.5, 0.6) is 0 Å². The Bertz CT molecular complexity index is 2190. The van der Waals surface area contributed by atoms with Crippen molar-refractivity contribution in [3.05, 3.63) is 81.2 Å². The molecule has 2 saturated heterocycles. The van der Waals surface area contributed by atoms with Gasteiger partial charge in [-0.3, -0.25) is 14.3 Å². The zero-order valence-corrected chi connectivity index (χ0v) is 30.6. The predicted molar refractivity (Wildman–Crippen MR) is 190 cm³/mol. The zero-order chi connectivity index (χ0) is 39.7. The van der Waals surface area contributed by atoms with Crippen LogP contribution in [0.3, 0.4) is 0 Å². The Morgan fingerprint density at radius 3 is 1.63 bits per heavy atom. The number of nitrogens with zero attached hydrogens (tertiary/aromatic N) is 7. The van der Waals surface area contributed by atoms with Gasteiger partial charge in [0.15, 0.2) is 0 Å². The molecule has 2 fully saturated rings. The maximum absolute atomic E-state index is 12.4. The maximum Gasteiger partial charge on any atom is 0.340 e. The number of aryl methyl sites for hydroxylation is 2. The summed E-state index contributed by atoms with van der Waals surface area (Å²) >= 11 is 0. The first-order chi connectivity index (χ1) is 25.6. The molecule has 4 heterocycles. The van der Waals surface area contributed by atoms with Crippen molar-refractivity contribution < 1.29 is 42.2 Å². The number of carbonyl (C=O) groups excluding carboxylic acids is 3. The number of sulfonamides is 1. The van der Waals surface area contributed by atoms with Crippen LogP contribution in [0.15, 0.2) is 36.4 Å². The summed E-state index contributed by atoms with van der Waals surface area (Å²) in [5.74, 6) is -3.27. The van der Waals surface area contributed by atoms with E-state index in [9.17, 15) is 38.1 Å². The van der Waals surface area contributed by atoms with Crippen molar-refractivity contribution in [2.24, 2.45) is 11.8 Å². The molecule has 0 radical (unpaired) electrons. The van der Waals surface area contributed by atoms with Crippen molar-refractivity contribution in [3.8, 4) is 18.2 Å². The summed E-state index contributed by atoms with van der Waals surface area (Å²) in [5.41, 5.74) is 2.56. The minimum absolute atomic E-state index is 0.163. The van der Waals surface area contributed by atoms with Gasteiger partial charge in [-0.05, 0) is 57.5 Å². The first-order valence-electron chi connectivity index (χ1n) is 16.6. The molecule has 0 bridgehead atoms. The number of aliphatic carboxylic acids is 1. The summed E-state index contributed by atoms with van der Waals surface area (Å²) in [4.78, 5) is 59.1. The second-order valence-electron chi connectivity index (χ2n) is 12.2. The van der Waals surface area contributed by atoms with E-state index in [4.69, 9.17) is 19.8 Å². The molecule has 2 aliphatic heterocycles. The minimum atomic E-state index is -3.92. The number of aromatic nitrogens is 2. The molecule has 0 aliphatic carbocycles. The molecule has 1 amide bonds. The SMILES string of the molecule is CCOC(=O)c1cc(C#N)c(N2CC(C(=O)NS(=O)(=O)Cc3ccc(C#N)cc3)C2)nc1C.CCOC(=O)c1cc(C#N)c(N2CC(C(=O)O)C2)nc1C. The number of nitrogens with one attached hydrogen (secondary N) is 1. The highest BCUT2D eigenvalue weighted by atomic mass is 32.2. The van der Waals surface area contributed by atoms with E-state index in [-0.39, 0.29) is 48.6 Å². The minimum Gasteiger partial charge on any atom is -0.481 e. The first kappa shape index (κ1) is 40.2. The van der Waals surface area contributed by atoms with E-state index in [0.29, 0.717) is 47.2 Å². The predicted octanol–water partition coefficient (Wildman–Crippen LogP) is 2.35. The molecule has 0 atom stereocenters. The Labute approximate surface area is 311 Å². The normalized spacial score (nSPS) is 13.7. The molecule has 2 N–H and O–H groups in total. The number of benzene rings is 1. The van der Waals surface area contributed by atoms with Crippen LogP contribution in [0.1, 0.15) is 68.2 Å². The monoisotopic (exact) mass is 756 g/mol. The third-order valence-electron chi connectivity index (χ3n) is 8.40. The number of nitriles is 3. The zero-order valence-electron chi connectivity index (χ0n) is 29.8. The van der Waals surface area contributed by atoms with Gasteiger partial charge in [-0.25, -0.2) is 28.0 Å². The molecule has 0 saturated carbocycles. The lowest BCUT2D eigenvalue weighted by Crippen LogP contribution is -2.55. The van der Waals surface area contributed by atoms with E-state index in [2.05, 4.69) is 14.7 Å². The molecule has 0 unspecified atom stereocenters. The molecule has 2 aromatic heterocycles. The van der Waals surface area contributed by atoms with E-state index < -0.39 is 51.4 Å². The number of esters is 2. The number of rotatable bonds is 11. The fraction of sp³-hybridized carbons (Fsp3) is 0.361. The first-order valence-corrected chi connectivity index (χ1v) is 18.2. The quantitative estimate of drug-likeness (QED) is 0.266. The van der Waals surface area contributed by atoms with Gasteiger partial charge in [-0.2, -0.15) is 15.8 Å². The fourth-order valence-electron chi connectivity index (χ4n) is 5.46. The summed E-state index contributed by atoms with van der Waals surface area (Å²) < 4.78 is 36.7. The number of anilines is 2. The van der Waals surface area contributed by atoms with Gasteiger partial charge >= 0.3 is 17.9 Å². The maximum atomic E-state index is 12.4. The Hall–Kier alpha value is -6.58. The van der Waals surface area contributed by atoms with Crippen molar-refractivity contribution >= 4 is 45.5 Å². The van der Waals surface area contributed by atoms with E-state index in [0.717, 1.165) is 0 Å². The number of hydrogen-bond acceptors (Lipinski definition) is 15. The van der Waals surface area contributed by atoms with Crippen LogP contribution in [0.2, 0.25) is 0 Å². The van der Waals surface area contributed by atoms with E-state index in [1.54, 1.807) is 37.5 Å². The van der Waals surface area contributed by atoms with Crippen LogP contribution in [-0.4, -0.2) is 86.7 Å². The molecule has 280 valence electrons. The summed E-state index contributed by atoms with van der Waals surface area (Å²) in [6, 6.07) is 14.8. The van der Waals surface area contributed by atoms with Crippen molar-refractivity contribution in [1.82, 2.24) is 14.7 Å². The van der Waals surface area contributed by atoms with Crippen LogP contribution in [-0.2, 0) is 34.8 Å². The van der Waals surface area contributed by atoms with Crippen LogP contribution >= 0.6 is 0 Å². The highest BCUT2D eigenvalue weighted by Crippen LogP contribution is 2.29. The third-order valence-corrected chi connectivity index (χ3v) is 9.62. The van der Waals surface area contributed by atoms with E-state index in [1.807, 2.05) is 18.2 Å². The van der Waals surface area contributed by atoms with Gasteiger partial charge in [-0.1, -0.05) is 12.1 Å². The number of pyridine rings is 2. The molecule has 0 spiro atoms. The standard InChI is InChI=1S/C22H21N5O5S.C14H15N3O4/c1-3-32-22(29)19-8-17(10-24)20(25-14(19)2)27-11-18(12-27)21(28)26-33(30,31)13-16-6-4-15(9-23)5-7-16;1-3-21-14(20)11-4-9(5-15)12(16-8(11)2)17-6-10(7-17)13(18)19/h4-8,18H,3,11-13H2,1-2H3,(H,26,28);4,10H,3,6-7H2,1-2H3,(H,18,19). The Kier molecular flexibility index (Phi) is 12.9.